The fourth-order valence-electron chi connectivity index (χ4n) is 4.45. The summed E-state index contributed by atoms with van der Waals surface area (Å²) in [5.74, 6) is -0.220. The molecule has 1 aromatic heterocycles. The molecule has 0 saturated carbocycles. The van der Waals surface area contributed by atoms with Gasteiger partial charge in [0.2, 0.25) is 0 Å². The van der Waals surface area contributed by atoms with Crippen LogP contribution in [0.2, 0.25) is 0 Å². The van der Waals surface area contributed by atoms with Crippen LogP contribution in [-0.4, -0.2) is 33.8 Å². The molecule has 5 nitrogen and oxygen atoms in total. The highest BCUT2D eigenvalue weighted by molar-refractivity contribution is 6.02. The molecular formula is C21H27N3O2. The number of hydrogen-bond donors (Lipinski definition) is 2. The van der Waals surface area contributed by atoms with Crippen molar-refractivity contribution in [2.24, 2.45) is 5.73 Å². The summed E-state index contributed by atoms with van der Waals surface area (Å²) in [6, 6.07) is 10.6. The molecule has 1 aliphatic heterocycles. The number of aryl methyl sites for hydroxylation is 1. The van der Waals surface area contributed by atoms with E-state index >= 15 is 0 Å². The van der Waals surface area contributed by atoms with Crippen molar-refractivity contribution in [2.45, 2.75) is 58.5 Å². The fraction of sp³-hybridized carbons (Fsp3) is 0.429. The number of carbonyl (C=O) groups is 2. The second kappa shape index (κ2) is 6.98. The molecule has 0 radical (unpaired) electrons. The first-order valence-electron chi connectivity index (χ1n) is 9.25. The van der Waals surface area contributed by atoms with E-state index in [-0.39, 0.29) is 18.0 Å². The molecule has 3 rings (SSSR count). The van der Waals surface area contributed by atoms with Crippen LogP contribution in [-0.2, 0) is 6.42 Å². The van der Waals surface area contributed by atoms with E-state index in [1.807, 2.05) is 30.0 Å². The number of rotatable bonds is 4. The number of benzene rings is 1. The van der Waals surface area contributed by atoms with E-state index in [2.05, 4.69) is 31.0 Å². The first-order chi connectivity index (χ1) is 12.4. The molecule has 3 atom stereocenters. The summed E-state index contributed by atoms with van der Waals surface area (Å²) in [6.07, 6.45) is 1.52. The SMILES string of the molecule is CCc1c(C(=O)N2C(C)CC(c3ccccc3)C2C)[nH]c(C)c1C(N)=O. The minimum atomic E-state index is -0.487. The Morgan fingerprint density at radius 2 is 1.88 bits per heavy atom. The van der Waals surface area contributed by atoms with Gasteiger partial charge in [0, 0.05) is 23.7 Å². The third-order valence-electron chi connectivity index (χ3n) is 5.66. The zero-order chi connectivity index (χ0) is 19.0. The van der Waals surface area contributed by atoms with Gasteiger partial charge in [0.25, 0.3) is 11.8 Å². The van der Waals surface area contributed by atoms with Gasteiger partial charge in [-0.3, -0.25) is 9.59 Å². The maximum atomic E-state index is 13.4. The number of hydrogen-bond acceptors (Lipinski definition) is 2. The van der Waals surface area contributed by atoms with Gasteiger partial charge < -0.3 is 15.6 Å². The van der Waals surface area contributed by atoms with Crippen LogP contribution in [0.25, 0.3) is 0 Å². The van der Waals surface area contributed by atoms with Gasteiger partial charge in [0.1, 0.15) is 5.69 Å². The Balaban J connectivity index is 1.96. The highest BCUT2D eigenvalue weighted by Gasteiger charge is 2.41. The molecule has 1 saturated heterocycles. The maximum absolute atomic E-state index is 13.4. The molecule has 26 heavy (non-hydrogen) atoms. The molecule has 2 aromatic rings. The van der Waals surface area contributed by atoms with E-state index in [9.17, 15) is 9.59 Å². The summed E-state index contributed by atoms with van der Waals surface area (Å²) in [7, 11) is 0. The third kappa shape index (κ3) is 2.91. The zero-order valence-corrected chi connectivity index (χ0v) is 15.9. The normalized spacial score (nSPS) is 22.6. The van der Waals surface area contributed by atoms with Crippen LogP contribution in [0.15, 0.2) is 30.3 Å². The zero-order valence-electron chi connectivity index (χ0n) is 15.9. The first kappa shape index (κ1) is 18.2. The topological polar surface area (TPSA) is 79.2 Å². The standard InChI is InChI=1S/C21H27N3O2/c1-5-16-18(20(22)25)13(3)23-19(16)21(26)24-12(2)11-17(14(24)4)15-9-7-6-8-10-15/h6-10,12,14,17,23H,5,11H2,1-4H3,(H2,22,25). The molecule has 1 aliphatic rings. The fourth-order valence-corrected chi connectivity index (χ4v) is 4.45. The summed E-state index contributed by atoms with van der Waals surface area (Å²) in [4.78, 5) is 30.2. The number of H-pyrrole nitrogens is 1. The Morgan fingerprint density at radius 1 is 1.23 bits per heavy atom. The number of aromatic nitrogens is 1. The van der Waals surface area contributed by atoms with Crippen LogP contribution in [0.3, 0.4) is 0 Å². The molecule has 2 heterocycles. The average Bonchev–Trinajstić information content (AvgIpc) is 3.11. The molecule has 5 heteroatoms. The summed E-state index contributed by atoms with van der Waals surface area (Å²) < 4.78 is 0. The molecule has 0 aliphatic carbocycles. The van der Waals surface area contributed by atoms with E-state index in [4.69, 9.17) is 5.73 Å². The minimum absolute atomic E-state index is 0.0455. The van der Waals surface area contributed by atoms with E-state index in [1.54, 1.807) is 6.92 Å². The van der Waals surface area contributed by atoms with Gasteiger partial charge in [-0.25, -0.2) is 0 Å². The monoisotopic (exact) mass is 353 g/mol. The Labute approximate surface area is 154 Å². The number of likely N-dealkylation sites (tertiary alicyclic amines) is 1. The van der Waals surface area contributed by atoms with Gasteiger partial charge in [-0.05, 0) is 44.7 Å². The Bertz CT molecular complexity index is 825. The largest absolute Gasteiger partial charge is 0.366 e. The second-order valence-electron chi connectivity index (χ2n) is 7.25. The highest BCUT2D eigenvalue weighted by atomic mass is 16.2. The smallest absolute Gasteiger partial charge is 0.271 e. The van der Waals surface area contributed by atoms with Crippen molar-refractivity contribution in [3.63, 3.8) is 0 Å². The average molecular weight is 353 g/mol. The van der Waals surface area contributed by atoms with Gasteiger partial charge in [0.15, 0.2) is 0 Å². The number of amides is 2. The summed E-state index contributed by atoms with van der Waals surface area (Å²) >= 11 is 0. The second-order valence-corrected chi connectivity index (χ2v) is 7.25. The summed E-state index contributed by atoms with van der Waals surface area (Å²) in [5.41, 5.74) is 9.14. The predicted molar refractivity (Wildman–Crippen MR) is 102 cm³/mol. The van der Waals surface area contributed by atoms with Crippen molar-refractivity contribution in [1.82, 2.24) is 9.88 Å². The number of primary amides is 1. The third-order valence-corrected chi connectivity index (χ3v) is 5.66. The van der Waals surface area contributed by atoms with Crippen molar-refractivity contribution in [3.8, 4) is 0 Å². The lowest BCUT2D eigenvalue weighted by Crippen LogP contribution is -2.40. The minimum Gasteiger partial charge on any atom is -0.366 e. The molecule has 0 bridgehead atoms. The van der Waals surface area contributed by atoms with Crippen molar-refractivity contribution in [2.75, 3.05) is 0 Å². The number of aromatic amines is 1. The number of nitrogens with zero attached hydrogens (tertiary/aromatic N) is 1. The lowest BCUT2D eigenvalue weighted by molar-refractivity contribution is 0.0681. The van der Waals surface area contributed by atoms with Gasteiger partial charge >= 0.3 is 0 Å². The van der Waals surface area contributed by atoms with Crippen molar-refractivity contribution in [3.05, 3.63) is 58.4 Å². The van der Waals surface area contributed by atoms with Gasteiger partial charge in [-0.2, -0.15) is 0 Å². The Morgan fingerprint density at radius 3 is 2.46 bits per heavy atom. The van der Waals surface area contributed by atoms with Gasteiger partial charge in [-0.1, -0.05) is 37.3 Å². The van der Waals surface area contributed by atoms with Crippen LogP contribution in [0.4, 0.5) is 0 Å². The van der Waals surface area contributed by atoms with E-state index in [0.29, 0.717) is 29.3 Å². The summed E-state index contributed by atoms with van der Waals surface area (Å²) in [5, 5.41) is 0. The first-order valence-corrected chi connectivity index (χ1v) is 9.25. The quantitative estimate of drug-likeness (QED) is 0.883. The Kier molecular flexibility index (Phi) is 4.90. The van der Waals surface area contributed by atoms with Crippen LogP contribution in [0.5, 0.6) is 0 Å². The van der Waals surface area contributed by atoms with Crippen molar-refractivity contribution >= 4 is 11.8 Å². The number of nitrogens with one attached hydrogen (secondary N) is 1. The lowest BCUT2D eigenvalue weighted by atomic mass is 9.92. The molecule has 138 valence electrons. The van der Waals surface area contributed by atoms with Crippen LogP contribution >= 0.6 is 0 Å². The van der Waals surface area contributed by atoms with Gasteiger partial charge in [-0.15, -0.1) is 0 Å². The van der Waals surface area contributed by atoms with Crippen LogP contribution < -0.4 is 5.73 Å². The predicted octanol–water partition coefficient (Wildman–Crippen LogP) is 3.39. The maximum Gasteiger partial charge on any atom is 0.271 e. The molecule has 1 aromatic carbocycles. The number of nitrogens with two attached hydrogens (primary N) is 1. The molecule has 3 unspecified atom stereocenters. The molecule has 0 spiro atoms. The lowest BCUT2D eigenvalue weighted by Gasteiger charge is -2.28. The van der Waals surface area contributed by atoms with Gasteiger partial charge in [0.05, 0.1) is 5.56 Å². The van der Waals surface area contributed by atoms with Crippen molar-refractivity contribution < 1.29 is 9.59 Å². The summed E-state index contributed by atoms with van der Waals surface area (Å²) in [6.45, 7) is 7.93. The molecule has 2 amide bonds. The van der Waals surface area contributed by atoms with Crippen LogP contribution in [0.1, 0.15) is 70.8 Å². The van der Waals surface area contributed by atoms with Crippen molar-refractivity contribution in [1.29, 1.82) is 0 Å². The number of carbonyl (C=O) groups excluding carboxylic acids is 2. The van der Waals surface area contributed by atoms with E-state index < -0.39 is 5.91 Å². The highest BCUT2D eigenvalue weighted by Crippen LogP contribution is 2.38. The molecule has 3 N–H and O–H groups in total. The molecular weight excluding hydrogens is 326 g/mol. The molecule has 1 fully saturated rings. The van der Waals surface area contributed by atoms with Crippen LogP contribution in [0, 0.1) is 6.92 Å². The van der Waals surface area contributed by atoms with E-state index in [0.717, 1.165) is 12.0 Å². The van der Waals surface area contributed by atoms with E-state index in [1.165, 1.54) is 5.56 Å². The Hall–Kier alpha value is -2.56.